The van der Waals surface area contributed by atoms with Crippen LogP contribution in [-0.4, -0.2) is 44.0 Å². The van der Waals surface area contributed by atoms with E-state index in [1.807, 2.05) is 11.8 Å². The summed E-state index contributed by atoms with van der Waals surface area (Å²) in [6.45, 7) is 2.55. The Morgan fingerprint density at radius 3 is 2.60 bits per heavy atom. The van der Waals surface area contributed by atoms with Crippen molar-refractivity contribution >= 4 is 21.6 Å². The molecule has 0 amide bonds. The van der Waals surface area contributed by atoms with Crippen LogP contribution in [0.15, 0.2) is 0 Å². The van der Waals surface area contributed by atoms with E-state index in [1.54, 1.807) is 6.92 Å². The summed E-state index contributed by atoms with van der Waals surface area (Å²) in [6, 6.07) is 0.621. The molecular weight excluding hydrogens is 230 g/mol. The Labute approximate surface area is 97.3 Å². The SMILES string of the molecule is CCS(=O)(=O)CCCNC1CCSCC1. The van der Waals surface area contributed by atoms with Crippen LogP contribution in [0.5, 0.6) is 0 Å². The summed E-state index contributed by atoms with van der Waals surface area (Å²) >= 11 is 2.01. The number of thioether (sulfide) groups is 1. The molecule has 1 fully saturated rings. The van der Waals surface area contributed by atoms with Gasteiger partial charge in [0.05, 0.1) is 5.75 Å². The second kappa shape index (κ2) is 6.76. The molecule has 15 heavy (non-hydrogen) atoms. The largest absolute Gasteiger partial charge is 0.314 e. The Kier molecular flexibility index (Phi) is 6.00. The third-order valence-electron chi connectivity index (χ3n) is 2.73. The predicted octanol–water partition coefficient (Wildman–Crippen LogP) is 1.30. The van der Waals surface area contributed by atoms with Crippen molar-refractivity contribution in [1.29, 1.82) is 0 Å². The first-order chi connectivity index (χ1) is 7.14. The van der Waals surface area contributed by atoms with Gasteiger partial charge >= 0.3 is 0 Å². The van der Waals surface area contributed by atoms with Crippen molar-refractivity contribution in [3.8, 4) is 0 Å². The van der Waals surface area contributed by atoms with Crippen LogP contribution in [0.3, 0.4) is 0 Å². The monoisotopic (exact) mass is 251 g/mol. The molecule has 1 aliphatic heterocycles. The third kappa shape index (κ3) is 5.78. The second-order valence-corrected chi connectivity index (χ2v) is 7.63. The van der Waals surface area contributed by atoms with E-state index < -0.39 is 9.84 Å². The first-order valence-electron chi connectivity index (χ1n) is 5.65. The molecular formula is C10H21NO2S2. The van der Waals surface area contributed by atoms with E-state index in [0.717, 1.165) is 13.0 Å². The molecule has 1 rings (SSSR count). The Balaban J connectivity index is 2.06. The van der Waals surface area contributed by atoms with Gasteiger partial charge in [-0.25, -0.2) is 8.42 Å². The summed E-state index contributed by atoms with van der Waals surface area (Å²) in [4.78, 5) is 0. The number of hydrogen-bond acceptors (Lipinski definition) is 4. The molecule has 0 aromatic rings. The van der Waals surface area contributed by atoms with Gasteiger partial charge < -0.3 is 5.32 Å². The topological polar surface area (TPSA) is 46.2 Å². The van der Waals surface area contributed by atoms with Crippen LogP contribution in [0, 0.1) is 0 Å². The molecule has 1 aliphatic rings. The summed E-state index contributed by atoms with van der Waals surface area (Å²) in [5.41, 5.74) is 0. The number of rotatable bonds is 6. The van der Waals surface area contributed by atoms with E-state index >= 15 is 0 Å². The maximum absolute atomic E-state index is 11.2. The molecule has 0 aromatic heterocycles. The van der Waals surface area contributed by atoms with E-state index in [1.165, 1.54) is 24.3 Å². The zero-order valence-corrected chi connectivity index (χ0v) is 11.0. The lowest BCUT2D eigenvalue weighted by molar-refractivity contribution is 0.482. The van der Waals surface area contributed by atoms with Crippen LogP contribution in [0.4, 0.5) is 0 Å². The minimum Gasteiger partial charge on any atom is -0.314 e. The Morgan fingerprint density at radius 1 is 1.33 bits per heavy atom. The lowest BCUT2D eigenvalue weighted by Gasteiger charge is -2.22. The predicted molar refractivity (Wildman–Crippen MR) is 67.3 cm³/mol. The fourth-order valence-electron chi connectivity index (χ4n) is 1.64. The van der Waals surface area contributed by atoms with Gasteiger partial charge in [0.15, 0.2) is 0 Å². The summed E-state index contributed by atoms with van der Waals surface area (Å²) < 4.78 is 22.4. The highest BCUT2D eigenvalue weighted by Crippen LogP contribution is 2.16. The van der Waals surface area contributed by atoms with E-state index in [9.17, 15) is 8.42 Å². The standard InChI is InChI=1S/C10H21NO2S2/c1-2-15(12,13)9-3-6-11-10-4-7-14-8-5-10/h10-11H,2-9H2,1H3. The van der Waals surface area contributed by atoms with Gasteiger partial charge in [0, 0.05) is 11.8 Å². The van der Waals surface area contributed by atoms with Gasteiger partial charge in [0.1, 0.15) is 9.84 Å². The lowest BCUT2D eigenvalue weighted by atomic mass is 10.1. The third-order valence-corrected chi connectivity index (χ3v) is 5.57. The Morgan fingerprint density at radius 2 is 2.00 bits per heavy atom. The van der Waals surface area contributed by atoms with Crippen LogP contribution in [0.25, 0.3) is 0 Å². The molecule has 1 saturated heterocycles. The number of hydrogen-bond donors (Lipinski definition) is 1. The van der Waals surface area contributed by atoms with Crippen LogP contribution in [0.2, 0.25) is 0 Å². The van der Waals surface area contributed by atoms with E-state index in [-0.39, 0.29) is 5.75 Å². The smallest absolute Gasteiger partial charge is 0.150 e. The normalized spacial score (nSPS) is 19.3. The molecule has 0 aliphatic carbocycles. The summed E-state index contributed by atoms with van der Waals surface area (Å²) in [5, 5.41) is 3.44. The zero-order valence-electron chi connectivity index (χ0n) is 9.37. The quantitative estimate of drug-likeness (QED) is 0.723. The van der Waals surface area contributed by atoms with Gasteiger partial charge in [-0.1, -0.05) is 6.92 Å². The van der Waals surface area contributed by atoms with Gasteiger partial charge in [0.25, 0.3) is 0 Å². The molecule has 1 N–H and O–H groups in total. The minimum absolute atomic E-state index is 0.271. The second-order valence-electron chi connectivity index (χ2n) is 3.93. The average molecular weight is 251 g/mol. The van der Waals surface area contributed by atoms with Gasteiger partial charge in [-0.2, -0.15) is 11.8 Å². The molecule has 0 spiro atoms. The van der Waals surface area contributed by atoms with Crippen LogP contribution < -0.4 is 5.32 Å². The molecule has 1 heterocycles. The molecule has 0 aromatic carbocycles. The molecule has 0 unspecified atom stereocenters. The summed E-state index contributed by atoms with van der Waals surface area (Å²) in [7, 11) is -2.77. The van der Waals surface area contributed by atoms with E-state index in [4.69, 9.17) is 0 Å². The Hall–Kier alpha value is 0.260. The van der Waals surface area contributed by atoms with Crippen molar-refractivity contribution in [1.82, 2.24) is 5.32 Å². The summed E-state index contributed by atoms with van der Waals surface area (Å²) in [5.74, 6) is 3.08. The van der Waals surface area contributed by atoms with Gasteiger partial charge in [0.2, 0.25) is 0 Å². The summed E-state index contributed by atoms with van der Waals surface area (Å²) in [6.07, 6.45) is 3.20. The molecule has 0 radical (unpaired) electrons. The van der Waals surface area contributed by atoms with Crippen molar-refractivity contribution in [3.05, 3.63) is 0 Å². The lowest BCUT2D eigenvalue weighted by Crippen LogP contribution is -2.33. The number of sulfone groups is 1. The molecule has 90 valence electrons. The van der Waals surface area contributed by atoms with Crippen LogP contribution in [-0.2, 0) is 9.84 Å². The van der Waals surface area contributed by atoms with Crippen molar-refractivity contribution in [2.24, 2.45) is 0 Å². The average Bonchev–Trinajstić information content (AvgIpc) is 2.26. The fraction of sp³-hybridized carbons (Fsp3) is 1.00. The molecule has 0 saturated carbocycles. The van der Waals surface area contributed by atoms with Crippen LogP contribution >= 0.6 is 11.8 Å². The van der Waals surface area contributed by atoms with E-state index in [0.29, 0.717) is 11.8 Å². The van der Waals surface area contributed by atoms with Gasteiger partial charge in [-0.15, -0.1) is 0 Å². The maximum atomic E-state index is 11.2. The van der Waals surface area contributed by atoms with Crippen molar-refractivity contribution in [3.63, 3.8) is 0 Å². The molecule has 0 bridgehead atoms. The first-order valence-corrected chi connectivity index (χ1v) is 8.63. The van der Waals surface area contributed by atoms with Crippen molar-refractivity contribution in [2.75, 3.05) is 29.6 Å². The van der Waals surface area contributed by atoms with Crippen molar-refractivity contribution < 1.29 is 8.42 Å². The van der Waals surface area contributed by atoms with Crippen molar-refractivity contribution in [2.45, 2.75) is 32.2 Å². The highest BCUT2D eigenvalue weighted by atomic mass is 32.2. The molecule has 0 atom stereocenters. The highest BCUT2D eigenvalue weighted by molar-refractivity contribution is 7.99. The molecule has 3 nitrogen and oxygen atoms in total. The minimum atomic E-state index is -2.77. The molecule has 5 heteroatoms. The zero-order chi connectivity index (χ0) is 11.1. The van der Waals surface area contributed by atoms with Gasteiger partial charge in [-0.05, 0) is 37.3 Å². The van der Waals surface area contributed by atoms with Gasteiger partial charge in [-0.3, -0.25) is 0 Å². The number of nitrogens with one attached hydrogen (secondary N) is 1. The van der Waals surface area contributed by atoms with Crippen LogP contribution in [0.1, 0.15) is 26.2 Å². The maximum Gasteiger partial charge on any atom is 0.150 e. The fourth-order valence-corrected chi connectivity index (χ4v) is 3.62. The highest BCUT2D eigenvalue weighted by Gasteiger charge is 2.13. The Bertz CT molecular complexity index is 259. The first kappa shape index (κ1) is 13.3. The van der Waals surface area contributed by atoms with E-state index in [2.05, 4.69) is 5.32 Å².